The van der Waals surface area contributed by atoms with E-state index in [4.69, 9.17) is 18.0 Å². The van der Waals surface area contributed by atoms with E-state index >= 15 is 0 Å². The van der Waals surface area contributed by atoms with Gasteiger partial charge in [0, 0.05) is 24.3 Å². The molecule has 0 bridgehead atoms. The lowest BCUT2D eigenvalue weighted by Gasteiger charge is -2.19. The molecule has 2 atom stereocenters. The topological polar surface area (TPSA) is 29.3 Å². The molecule has 17 heavy (non-hydrogen) atoms. The summed E-state index contributed by atoms with van der Waals surface area (Å²) < 4.78 is 0. The second kappa shape index (κ2) is 4.65. The zero-order valence-corrected chi connectivity index (χ0v) is 11.6. The van der Waals surface area contributed by atoms with Gasteiger partial charge in [0.05, 0.1) is 0 Å². The van der Waals surface area contributed by atoms with Crippen LogP contribution in [0.15, 0.2) is 18.2 Å². The molecule has 1 fully saturated rings. The first-order valence-electron chi connectivity index (χ1n) is 6.14. The number of benzene rings is 1. The Morgan fingerprint density at radius 3 is 2.35 bits per heavy atom. The number of nitrogens with zero attached hydrogens (tertiary/aromatic N) is 1. The van der Waals surface area contributed by atoms with Crippen molar-refractivity contribution < 1.29 is 0 Å². The van der Waals surface area contributed by atoms with Crippen molar-refractivity contribution >= 4 is 22.9 Å². The largest absolute Gasteiger partial charge is 0.389 e. The molecule has 1 aliphatic rings. The Labute approximate surface area is 109 Å². The lowest BCUT2D eigenvalue weighted by molar-refractivity contribution is 0.494. The molecule has 3 heteroatoms. The van der Waals surface area contributed by atoms with E-state index < -0.39 is 0 Å². The highest BCUT2D eigenvalue weighted by Crippen LogP contribution is 2.28. The molecule has 0 spiro atoms. The average molecular weight is 248 g/mol. The second-order valence-electron chi connectivity index (χ2n) is 5.22. The highest BCUT2D eigenvalue weighted by molar-refractivity contribution is 7.80. The fraction of sp³-hybridized carbons (Fsp3) is 0.500. The van der Waals surface area contributed by atoms with Gasteiger partial charge in [0.2, 0.25) is 0 Å². The molecule has 0 aromatic heterocycles. The minimum atomic E-state index is 0.484. The van der Waals surface area contributed by atoms with Gasteiger partial charge in [0.1, 0.15) is 4.99 Å². The van der Waals surface area contributed by atoms with E-state index in [0.29, 0.717) is 4.99 Å². The van der Waals surface area contributed by atoms with Crippen LogP contribution in [-0.4, -0.2) is 18.1 Å². The smallest absolute Gasteiger partial charge is 0.104 e. The van der Waals surface area contributed by atoms with Crippen molar-refractivity contribution in [3.8, 4) is 0 Å². The number of anilines is 1. The molecule has 0 radical (unpaired) electrons. The minimum absolute atomic E-state index is 0.484. The van der Waals surface area contributed by atoms with Crippen LogP contribution in [0.3, 0.4) is 0 Å². The Bertz CT molecular complexity index is 432. The molecule has 0 amide bonds. The van der Waals surface area contributed by atoms with Crippen LogP contribution in [0.1, 0.15) is 25.0 Å². The van der Waals surface area contributed by atoms with E-state index in [2.05, 4.69) is 37.8 Å². The van der Waals surface area contributed by atoms with Crippen LogP contribution in [0.2, 0.25) is 0 Å². The van der Waals surface area contributed by atoms with Gasteiger partial charge in [0.15, 0.2) is 0 Å². The van der Waals surface area contributed by atoms with Crippen molar-refractivity contribution in [2.75, 3.05) is 18.0 Å². The van der Waals surface area contributed by atoms with E-state index in [1.165, 1.54) is 11.3 Å². The van der Waals surface area contributed by atoms with E-state index in [-0.39, 0.29) is 0 Å². The number of rotatable bonds is 2. The quantitative estimate of drug-likeness (QED) is 0.816. The molecule has 0 saturated carbocycles. The van der Waals surface area contributed by atoms with Gasteiger partial charge in [-0.1, -0.05) is 26.1 Å². The van der Waals surface area contributed by atoms with Gasteiger partial charge in [0.25, 0.3) is 0 Å². The zero-order valence-electron chi connectivity index (χ0n) is 10.7. The summed E-state index contributed by atoms with van der Waals surface area (Å²) in [5.41, 5.74) is 9.13. The van der Waals surface area contributed by atoms with E-state index in [1.54, 1.807) is 0 Å². The molecule has 2 rings (SSSR count). The minimum Gasteiger partial charge on any atom is -0.389 e. The summed E-state index contributed by atoms with van der Waals surface area (Å²) in [6.45, 7) is 9.00. The predicted molar refractivity (Wildman–Crippen MR) is 77.6 cm³/mol. The lowest BCUT2D eigenvalue weighted by Crippen LogP contribution is -2.20. The Hall–Kier alpha value is -1.09. The summed E-state index contributed by atoms with van der Waals surface area (Å²) in [5, 5.41) is 0. The maximum absolute atomic E-state index is 5.68. The van der Waals surface area contributed by atoms with Crippen molar-refractivity contribution in [2.45, 2.75) is 20.8 Å². The highest BCUT2D eigenvalue weighted by atomic mass is 32.1. The van der Waals surface area contributed by atoms with Gasteiger partial charge in [-0.15, -0.1) is 0 Å². The number of thiocarbonyl (C=S) groups is 1. The third-order valence-electron chi connectivity index (χ3n) is 3.83. The van der Waals surface area contributed by atoms with Crippen molar-refractivity contribution in [2.24, 2.45) is 17.6 Å². The molecule has 1 heterocycles. The van der Waals surface area contributed by atoms with Crippen LogP contribution < -0.4 is 10.6 Å². The molecule has 92 valence electrons. The van der Waals surface area contributed by atoms with Crippen LogP contribution in [0.4, 0.5) is 5.69 Å². The summed E-state index contributed by atoms with van der Waals surface area (Å²) in [4.78, 5) is 2.93. The maximum atomic E-state index is 5.68. The number of aryl methyl sites for hydroxylation is 1. The summed E-state index contributed by atoms with van der Waals surface area (Å²) in [7, 11) is 0. The zero-order chi connectivity index (χ0) is 12.6. The van der Waals surface area contributed by atoms with Crippen molar-refractivity contribution in [1.29, 1.82) is 0 Å². The van der Waals surface area contributed by atoms with E-state index in [9.17, 15) is 0 Å². The van der Waals surface area contributed by atoms with Crippen LogP contribution in [0.5, 0.6) is 0 Å². The van der Waals surface area contributed by atoms with Crippen LogP contribution >= 0.6 is 12.2 Å². The van der Waals surface area contributed by atoms with Gasteiger partial charge in [-0.05, 0) is 42.5 Å². The number of hydrogen-bond donors (Lipinski definition) is 1. The molecule has 1 aliphatic heterocycles. The Morgan fingerprint density at radius 1 is 1.29 bits per heavy atom. The van der Waals surface area contributed by atoms with Crippen molar-refractivity contribution in [1.82, 2.24) is 0 Å². The number of nitrogens with two attached hydrogens (primary N) is 1. The van der Waals surface area contributed by atoms with E-state index in [0.717, 1.165) is 30.5 Å². The average Bonchev–Trinajstić information content (AvgIpc) is 2.58. The second-order valence-corrected chi connectivity index (χ2v) is 5.66. The molecular formula is C14H20N2S. The first-order chi connectivity index (χ1) is 7.99. The molecule has 0 aliphatic carbocycles. The van der Waals surface area contributed by atoms with Gasteiger partial charge >= 0.3 is 0 Å². The van der Waals surface area contributed by atoms with Gasteiger partial charge in [-0.2, -0.15) is 0 Å². The molecule has 2 N–H and O–H groups in total. The van der Waals surface area contributed by atoms with Crippen LogP contribution in [0, 0.1) is 18.8 Å². The third kappa shape index (κ3) is 2.44. The van der Waals surface area contributed by atoms with Crippen LogP contribution in [0.25, 0.3) is 0 Å². The van der Waals surface area contributed by atoms with Crippen molar-refractivity contribution in [3.05, 3.63) is 29.3 Å². The Balaban J connectivity index is 2.24. The van der Waals surface area contributed by atoms with Gasteiger partial charge in [-0.25, -0.2) is 0 Å². The summed E-state index contributed by atoms with van der Waals surface area (Å²) >= 11 is 5.03. The SMILES string of the molecule is Cc1cc(N2CC(C)C(C)C2)ccc1C(N)=S. The standard InChI is InChI=1S/C14H20N2S/c1-9-6-12(4-5-13(9)14(15)17)16-7-10(2)11(3)8-16/h4-6,10-11H,7-8H2,1-3H3,(H2,15,17). The van der Waals surface area contributed by atoms with Gasteiger partial charge < -0.3 is 10.6 Å². The maximum Gasteiger partial charge on any atom is 0.104 e. The lowest BCUT2D eigenvalue weighted by atomic mass is 10.0. The fourth-order valence-electron chi connectivity index (χ4n) is 2.46. The highest BCUT2D eigenvalue weighted by Gasteiger charge is 2.26. The molecule has 1 aromatic rings. The van der Waals surface area contributed by atoms with Crippen LogP contribution in [-0.2, 0) is 0 Å². The molecule has 1 saturated heterocycles. The van der Waals surface area contributed by atoms with E-state index in [1.807, 2.05) is 6.07 Å². The molecular weight excluding hydrogens is 228 g/mol. The van der Waals surface area contributed by atoms with Crippen molar-refractivity contribution in [3.63, 3.8) is 0 Å². The Morgan fingerprint density at radius 2 is 1.88 bits per heavy atom. The molecule has 1 aromatic carbocycles. The fourth-order valence-corrected chi connectivity index (χ4v) is 2.69. The first kappa shape index (κ1) is 12.4. The summed E-state index contributed by atoms with van der Waals surface area (Å²) in [5.74, 6) is 1.54. The van der Waals surface area contributed by atoms with Gasteiger partial charge in [-0.3, -0.25) is 0 Å². The predicted octanol–water partition coefficient (Wildman–Crippen LogP) is 2.72. The molecule has 2 unspecified atom stereocenters. The Kier molecular flexibility index (Phi) is 3.38. The summed E-state index contributed by atoms with van der Waals surface area (Å²) in [6.07, 6.45) is 0. The molecule has 2 nitrogen and oxygen atoms in total. The monoisotopic (exact) mass is 248 g/mol. The summed E-state index contributed by atoms with van der Waals surface area (Å²) in [6, 6.07) is 6.37. The normalized spacial score (nSPS) is 24.1. The third-order valence-corrected chi connectivity index (χ3v) is 4.05. The number of hydrogen-bond acceptors (Lipinski definition) is 2. The first-order valence-corrected chi connectivity index (χ1v) is 6.55.